The lowest BCUT2D eigenvalue weighted by Gasteiger charge is -2.35. The van der Waals surface area contributed by atoms with Crippen LogP contribution < -0.4 is 10.2 Å². The number of anilines is 2. The summed E-state index contributed by atoms with van der Waals surface area (Å²) in [4.78, 5) is 41.4. The van der Waals surface area contributed by atoms with Crippen molar-refractivity contribution in [2.75, 3.05) is 49.5 Å². The van der Waals surface area contributed by atoms with Crippen molar-refractivity contribution in [3.63, 3.8) is 0 Å². The van der Waals surface area contributed by atoms with E-state index in [0.717, 1.165) is 37.6 Å². The number of carbonyl (C=O) groups excluding carboxylic acids is 3. The van der Waals surface area contributed by atoms with Crippen LogP contribution in [0.4, 0.5) is 10.7 Å². The molecule has 1 aromatic carbocycles. The number of ketones is 1. The number of Topliss-reactive ketones (excluding diaryl/α,β-unsaturated/α-hetero) is 1. The van der Waals surface area contributed by atoms with E-state index < -0.39 is 5.97 Å². The zero-order valence-corrected chi connectivity index (χ0v) is 20.9. The number of amides is 1. The van der Waals surface area contributed by atoms with E-state index >= 15 is 0 Å². The number of nitrogens with one attached hydrogen (secondary N) is 1. The lowest BCUT2D eigenvalue weighted by molar-refractivity contribution is -0.117. The van der Waals surface area contributed by atoms with Crippen molar-refractivity contribution in [2.24, 2.45) is 0 Å². The van der Waals surface area contributed by atoms with Crippen LogP contribution in [0.25, 0.3) is 11.3 Å². The maximum Gasteiger partial charge on any atom is 0.341 e. The molecule has 184 valence electrons. The van der Waals surface area contributed by atoms with Gasteiger partial charge in [0.25, 0.3) is 0 Å². The van der Waals surface area contributed by atoms with Crippen molar-refractivity contribution in [2.45, 2.75) is 20.8 Å². The normalized spacial score (nSPS) is 14.1. The molecule has 1 aliphatic heterocycles. The first kappa shape index (κ1) is 24.7. The maximum absolute atomic E-state index is 12.8. The minimum atomic E-state index is -0.488. The molecule has 1 aliphatic rings. The Labute approximate surface area is 208 Å². The summed E-state index contributed by atoms with van der Waals surface area (Å²) in [5.74, 6) is 0.683. The lowest BCUT2D eigenvalue weighted by atomic mass is 10.1. The van der Waals surface area contributed by atoms with Gasteiger partial charge in [0, 0.05) is 48.4 Å². The van der Waals surface area contributed by atoms with Gasteiger partial charge < -0.3 is 19.4 Å². The van der Waals surface area contributed by atoms with Crippen LogP contribution >= 0.6 is 11.3 Å². The molecule has 0 saturated carbocycles. The predicted octanol–water partition coefficient (Wildman–Crippen LogP) is 4.46. The molecule has 8 nitrogen and oxygen atoms in total. The molecule has 35 heavy (non-hydrogen) atoms. The summed E-state index contributed by atoms with van der Waals surface area (Å²) in [6, 6.07) is 11.3. The largest absolute Gasteiger partial charge is 0.462 e. The molecule has 0 aliphatic carbocycles. The maximum atomic E-state index is 12.8. The van der Waals surface area contributed by atoms with E-state index in [1.807, 2.05) is 37.3 Å². The monoisotopic (exact) mass is 495 g/mol. The first-order chi connectivity index (χ1) is 16.9. The summed E-state index contributed by atoms with van der Waals surface area (Å²) in [6.45, 7) is 8.63. The number of hydrogen-bond donors (Lipinski definition) is 1. The summed E-state index contributed by atoms with van der Waals surface area (Å²) in [5, 5.41) is 5.17. The van der Waals surface area contributed by atoms with Gasteiger partial charge in [0.2, 0.25) is 5.91 Å². The molecule has 1 N–H and O–H groups in total. The quantitative estimate of drug-likeness (QED) is 0.364. The van der Waals surface area contributed by atoms with Crippen LogP contribution in [0.5, 0.6) is 0 Å². The Balaban J connectivity index is 1.38. The Bertz CT molecular complexity index is 1210. The Kier molecular flexibility index (Phi) is 7.67. The molecule has 3 aromatic rings. The zero-order valence-electron chi connectivity index (χ0n) is 20.1. The summed E-state index contributed by atoms with van der Waals surface area (Å²) < 4.78 is 10.9. The van der Waals surface area contributed by atoms with Gasteiger partial charge >= 0.3 is 5.97 Å². The number of hydrogen-bond acceptors (Lipinski definition) is 8. The number of thiophene rings is 1. The standard InChI is InChI=1S/C26H29N3O5S/c1-4-33-26(32)24-21(22-10-5-17(2)34-22)16-35-25(24)27-23(31)15-28-11-13-29(14-12-28)20-8-6-19(7-9-20)18(3)30/h5-10,16H,4,11-15H2,1-3H3,(H,27,31). The van der Waals surface area contributed by atoms with Crippen molar-refractivity contribution < 1.29 is 23.5 Å². The minimum absolute atomic E-state index is 0.0515. The predicted molar refractivity (Wildman–Crippen MR) is 136 cm³/mol. The summed E-state index contributed by atoms with van der Waals surface area (Å²) in [7, 11) is 0. The minimum Gasteiger partial charge on any atom is -0.462 e. The molecule has 4 rings (SSSR count). The van der Waals surface area contributed by atoms with Crippen LogP contribution in [0, 0.1) is 6.92 Å². The second-order valence-electron chi connectivity index (χ2n) is 8.40. The van der Waals surface area contributed by atoms with Gasteiger partial charge in [-0.1, -0.05) is 0 Å². The van der Waals surface area contributed by atoms with Crippen LogP contribution in [0.15, 0.2) is 46.2 Å². The average molecular weight is 496 g/mol. The van der Waals surface area contributed by atoms with Crippen molar-refractivity contribution in [1.29, 1.82) is 0 Å². The van der Waals surface area contributed by atoms with Gasteiger partial charge in [-0.3, -0.25) is 14.5 Å². The van der Waals surface area contributed by atoms with Crippen molar-refractivity contribution in [3.05, 3.63) is 58.7 Å². The van der Waals surface area contributed by atoms with Crippen molar-refractivity contribution in [1.82, 2.24) is 4.90 Å². The number of carbonyl (C=O) groups is 3. The van der Waals surface area contributed by atoms with Crippen LogP contribution in [0.2, 0.25) is 0 Å². The fraction of sp³-hybridized carbons (Fsp3) is 0.346. The van der Waals surface area contributed by atoms with E-state index in [1.54, 1.807) is 25.3 Å². The number of furan rings is 1. The van der Waals surface area contributed by atoms with E-state index in [2.05, 4.69) is 15.1 Å². The lowest BCUT2D eigenvalue weighted by Crippen LogP contribution is -2.48. The fourth-order valence-electron chi connectivity index (χ4n) is 4.06. The van der Waals surface area contributed by atoms with Crippen LogP contribution in [-0.2, 0) is 9.53 Å². The van der Waals surface area contributed by atoms with Crippen molar-refractivity contribution in [3.8, 4) is 11.3 Å². The molecule has 0 radical (unpaired) electrons. The molecular weight excluding hydrogens is 466 g/mol. The third-order valence-electron chi connectivity index (χ3n) is 5.91. The molecule has 0 spiro atoms. The first-order valence-corrected chi connectivity index (χ1v) is 12.5. The molecule has 0 atom stereocenters. The Morgan fingerprint density at radius 2 is 1.77 bits per heavy atom. The smallest absolute Gasteiger partial charge is 0.341 e. The number of piperazine rings is 1. The third-order valence-corrected chi connectivity index (χ3v) is 6.80. The molecular formula is C26H29N3O5S. The van der Waals surface area contributed by atoms with E-state index in [0.29, 0.717) is 27.5 Å². The van der Waals surface area contributed by atoms with Gasteiger partial charge in [-0.25, -0.2) is 4.79 Å². The van der Waals surface area contributed by atoms with Gasteiger partial charge in [0.05, 0.1) is 13.2 Å². The Morgan fingerprint density at radius 1 is 1.06 bits per heavy atom. The molecule has 1 fully saturated rings. The Morgan fingerprint density at radius 3 is 2.37 bits per heavy atom. The van der Waals surface area contributed by atoms with Gasteiger partial charge in [0.1, 0.15) is 22.1 Å². The fourth-order valence-corrected chi connectivity index (χ4v) is 5.01. The average Bonchev–Trinajstić information content (AvgIpc) is 3.45. The van der Waals surface area contributed by atoms with Gasteiger partial charge in [-0.05, 0) is 57.2 Å². The number of benzene rings is 1. The van der Waals surface area contributed by atoms with Crippen LogP contribution in [-0.4, -0.2) is 61.9 Å². The molecule has 1 amide bonds. The number of esters is 1. The second kappa shape index (κ2) is 10.9. The van der Waals surface area contributed by atoms with Crippen molar-refractivity contribution >= 4 is 39.7 Å². The summed E-state index contributed by atoms with van der Waals surface area (Å²) in [5.41, 5.74) is 2.70. The number of aryl methyl sites for hydroxylation is 1. The highest BCUT2D eigenvalue weighted by atomic mass is 32.1. The summed E-state index contributed by atoms with van der Waals surface area (Å²) >= 11 is 1.28. The molecule has 0 bridgehead atoms. The number of rotatable bonds is 8. The first-order valence-electron chi connectivity index (χ1n) is 11.6. The second-order valence-corrected chi connectivity index (χ2v) is 9.28. The SMILES string of the molecule is CCOC(=O)c1c(-c2ccc(C)o2)csc1NC(=O)CN1CCN(c2ccc(C(C)=O)cc2)CC1. The van der Waals surface area contributed by atoms with E-state index in [9.17, 15) is 14.4 Å². The van der Waals surface area contributed by atoms with Gasteiger partial charge in [0.15, 0.2) is 5.78 Å². The molecule has 1 saturated heterocycles. The molecule has 3 heterocycles. The van der Waals surface area contributed by atoms with Crippen LogP contribution in [0.1, 0.15) is 40.3 Å². The highest BCUT2D eigenvalue weighted by Gasteiger charge is 2.25. The van der Waals surface area contributed by atoms with Gasteiger partial charge in [-0.15, -0.1) is 11.3 Å². The Hall–Kier alpha value is -3.43. The van der Waals surface area contributed by atoms with E-state index in [-0.39, 0.29) is 24.8 Å². The molecule has 9 heteroatoms. The van der Waals surface area contributed by atoms with Crippen LogP contribution in [0.3, 0.4) is 0 Å². The van der Waals surface area contributed by atoms with E-state index in [4.69, 9.17) is 9.15 Å². The third kappa shape index (κ3) is 5.80. The van der Waals surface area contributed by atoms with E-state index in [1.165, 1.54) is 11.3 Å². The zero-order chi connectivity index (χ0) is 24.9. The topological polar surface area (TPSA) is 92.1 Å². The number of ether oxygens (including phenoxy) is 1. The van der Waals surface area contributed by atoms with Gasteiger partial charge in [-0.2, -0.15) is 0 Å². The summed E-state index contributed by atoms with van der Waals surface area (Å²) in [6.07, 6.45) is 0. The number of nitrogens with zero attached hydrogens (tertiary/aromatic N) is 2. The molecule has 0 unspecified atom stereocenters. The molecule has 2 aromatic heterocycles. The highest BCUT2D eigenvalue weighted by molar-refractivity contribution is 7.15. The highest BCUT2D eigenvalue weighted by Crippen LogP contribution is 2.37.